The van der Waals surface area contributed by atoms with Gasteiger partial charge in [-0.3, -0.25) is 9.36 Å². The van der Waals surface area contributed by atoms with Gasteiger partial charge in [-0.2, -0.15) is 4.98 Å². The number of alkyl halides is 1. The Bertz CT molecular complexity index is 905. The van der Waals surface area contributed by atoms with E-state index in [1.165, 1.54) is 10.8 Å². The predicted molar refractivity (Wildman–Crippen MR) is 96.2 cm³/mol. The first-order valence-electron chi connectivity index (χ1n) is 8.09. The summed E-state index contributed by atoms with van der Waals surface area (Å²) in [4.78, 5) is 37.1. The van der Waals surface area contributed by atoms with Crippen molar-refractivity contribution in [1.29, 1.82) is 0 Å². The Kier molecular flexibility index (Phi) is 5.08. The van der Waals surface area contributed by atoms with Crippen molar-refractivity contribution >= 4 is 39.1 Å². The van der Waals surface area contributed by atoms with E-state index in [2.05, 4.69) is 36.2 Å². The monoisotopic (exact) mass is 428 g/mol. The van der Waals surface area contributed by atoms with Crippen LogP contribution in [0.1, 0.15) is 26.3 Å². The van der Waals surface area contributed by atoms with Crippen molar-refractivity contribution < 1.29 is 14.3 Å². The maximum absolute atomic E-state index is 13.8. The van der Waals surface area contributed by atoms with Gasteiger partial charge in [0, 0.05) is 25.0 Å². The number of hydrogen-bond acceptors (Lipinski definition) is 6. The Morgan fingerprint density at radius 3 is 2.81 bits per heavy atom. The summed E-state index contributed by atoms with van der Waals surface area (Å²) in [6, 6.07) is -0.616. The summed E-state index contributed by atoms with van der Waals surface area (Å²) in [6.45, 7) is 3.69. The van der Waals surface area contributed by atoms with Gasteiger partial charge in [-0.1, -0.05) is 0 Å². The van der Waals surface area contributed by atoms with Gasteiger partial charge in [0.25, 0.3) is 5.56 Å². The van der Waals surface area contributed by atoms with E-state index in [0.29, 0.717) is 11.2 Å². The number of aromatic nitrogens is 4. The minimum Gasteiger partial charge on any atom is -0.465 e. The third-order valence-electron chi connectivity index (χ3n) is 4.11. The lowest BCUT2D eigenvalue weighted by molar-refractivity contribution is 0.102. The van der Waals surface area contributed by atoms with E-state index < -0.39 is 18.3 Å². The fourth-order valence-corrected chi connectivity index (χ4v) is 3.38. The van der Waals surface area contributed by atoms with Crippen LogP contribution in [0.15, 0.2) is 15.6 Å². The largest absolute Gasteiger partial charge is 0.465 e. The highest BCUT2D eigenvalue weighted by molar-refractivity contribution is 9.10. The zero-order chi connectivity index (χ0) is 19.0. The number of carbonyl (C=O) groups is 1. The third kappa shape index (κ3) is 3.62. The fraction of sp³-hybridized carbons (Fsp3) is 0.533. The molecule has 2 atom stereocenters. The molecule has 0 bridgehead atoms. The molecule has 2 N–H and O–H groups in total. The maximum Gasteiger partial charge on any atom is 0.407 e. The van der Waals surface area contributed by atoms with Crippen molar-refractivity contribution in [3.8, 4) is 0 Å². The van der Waals surface area contributed by atoms with E-state index in [1.54, 1.807) is 0 Å². The summed E-state index contributed by atoms with van der Waals surface area (Å²) in [5.74, 6) is 0.194. The molecule has 9 nitrogen and oxygen atoms in total. The molecule has 26 heavy (non-hydrogen) atoms. The van der Waals surface area contributed by atoms with Crippen molar-refractivity contribution in [2.24, 2.45) is 0 Å². The van der Waals surface area contributed by atoms with Gasteiger partial charge in [0.05, 0.1) is 12.7 Å². The number of amides is 1. The zero-order valence-corrected chi connectivity index (χ0v) is 15.8. The molecule has 1 amide bonds. The van der Waals surface area contributed by atoms with Gasteiger partial charge < -0.3 is 15.3 Å². The van der Waals surface area contributed by atoms with Crippen LogP contribution >= 0.6 is 15.9 Å². The molecular weight excluding hydrogens is 411 g/mol. The number of nitrogens with zero attached hydrogens (tertiary/aromatic N) is 5. The quantitative estimate of drug-likeness (QED) is 0.768. The molecule has 0 aromatic carbocycles. The molecule has 1 fully saturated rings. The molecule has 3 heterocycles. The van der Waals surface area contributed by atoms with Crippen LogP contribution in [0.2, 0.25) is 0 Å². The standard InChI is InChI=1S/C15H18BrFN6O3/c1-7(2)23-12-10(20-11(16)13(23)24)4-18-14(21-12)19-9-3-8(17)5-22(6-9)15(25)26/h4,7-9H,3,5-6H2,1-2H3,(H,25,26)(H,18,19,21)/t8-,9-/m0/s1. The Balaban J connectivity index is 1.94. The summed E-state index contributed by atoms with van der Waals surface area (Å²) in [6.07, 6.45) is -0.801. The highest BCUT2D eigenvalue weighted by Crippen LogP contribution is 2.19. The van der Waals surface area contributed by atoms with Gasteiger partial charge in [0.15, 0.2) is 10.3 Å². The van der Waals surface area contributed by atoms with Crippen molar-refractivity contribution in [3.63, 3.8) is 0 Å². The second kappa shape index (κ2) is 7.14. The van der Waals surface area contributed by atoms with E-state index in [4.69, 9.17) is 5.11 Å². The molecule has 1 saturated heterocycles. The van der Waals surface area contributed by atoms with E-state index in [9.17, 15) is 14.0 Å². The van der Waals surface area contributed by atoms with Crippen LogP contribution in [0.3, 0.4) is 0 Å². The van der Waals surface area contributed by atoms with Crippen molar-refractivity contribution in [1.82, 2.24) is 24.4 Å². The summed E-state index contributed by atoms with van der Waals surface area (Å²) < 4.78 is 15.5. The lowest BCUT2D eigenvalue weighted by atomic mass is 10.0. The first-order valence-corrected chi connectivity index (χ1v) is 8.88. The number of rotatable bonds is 3. The SMILES string of the molecule is CC(C)n1c(=O)c(Br)nc2cnc(N[C@H]3C[C@H](F)CN(C(=O)O)C3)nc21. The number of likely N-dealkylation sites (tertiary alicyclic amines) is 1. The Hall–Kier alpha value is -2.30. The summed E-state index contributed by atoms with van der Waals surface area (Å²) >= 11 is 3.14. The molecule has 0 unspecified atom stereocenters. The van der Waals surface area contributed by atoms with Crippen LogP contribution < -0.4 is 10.9 Å². The molecule has 1 aliphatic rings. The number of nitrogens with one attached hydrogen (secondary N) is 1. The Morgan fingerprint density at radius 2 is 2.15 bits per heavy atom. The number of halogens is 2. The number of carboxylic acid groups (broad SMARTS) is 1. The predicted octanol–water partition coefficient (Wildman–Crippen LogP) is 2.03. The van der Waals surface area contributed by atoms with Crippen LogP contribution in [-0.2, 0) is 0 Å². The number of hydrogen-bond donors (Lipinski definition) is 2. The lowest BCUT2D eigenvalue weighted by Crippen LogP contribution is -2.49. The third-order valence-corrected chi connectivity index (χ3v) is 4.63. The molecule has 3 rings (SSSR count). The summed E-state index contributed by atoms with van der Waals surface area (Å²) in [7, 11) is 0. The number of piperidine rings is 1. The molecule has 140 valence electrons. The first-order chi connectivity index (χ1) is 12.3. The minimum atomic E-state index is -1.26. The Labute approximate surface area is 156 Å². The lowest BCUT2D eigenvalue weighted by Gasteiger charge is -2.33. The fourth-order valence-electron chi connectivity index (χ4n) is 3.00. The van der Waals surface area contributed by atoms with Crippen LogP contribution in [-0.4, -0.2) is 60.9 Å². The number of anilines is 1. The maximum atomic E-state index is 13.8. The zero-order valence-electron chi connectivity index (χ0n) is 14.2. The summed E-state index contributed by atoms with van der Waals surface area (Å²) in [5.41, 5.74) is 0.485. The average molecular weight is 429 g/mol. The molecule has 1 aliphatic heterocycles. The topological polar surface area (TPSA) is 113 Å². The van der Waals surface area contributed by atoms with Crippen LogP contribution in [0.5, 0.6) is 0 Å². The van der Waals surface area contributed by atoms with Crippen molar-refractivity contribution in [2.45, 2.75) is 38.5 Å². The van der Waals surface area contributed by atoms with E-state index in [0.717, 1.165) is 4.90 Å². The molecular formula is C15H18BrFN6O3. The first kappa shape index (κ1) is 18.5. The highest BCUT2D eigenvalue weighted by atomic mass is 79.9. The number of fused-ring (bicyclic) bond motifs is 1. The van der Waals surface area contributed by atoms with Gasteiger partial charge in [0.1, 0.15) is 11.7 Å². The Morgan fingerprint density at radius 1 is 1.42 bits per heavy atom. The van der Waals surface area contributed by atoms with Crippen molar-refractivity contribution in [3.05, 3.63) is 21.2 Å². The molecule has 0 spiro atoms. The van der Waals surface area contributed by atoms with Gasteiger partial charge in [-0.05, 0) is 29.8 Å². The minimum absolute atomic E-state index is 0.132. The molecule has 11 heteroatoms. The van der Waals surface area contributed by atoms with Crippen molar-refractivity contribution in [2.75, 3.05) is 18.4 Å². The van der Waals surface area contributed by atoms with E-state index in [1.807, 2.05) is 13.8 Å². The second-order valence-corrected chi connectivity index (χ2v) is 7.19. The van der Waals surface area contributed by atoms with Crippen LogP contribution in [0.25, 0.3) is 11.2 Å². The van der Waals surface area contributed by atoms with E-state index in [-0.39, 0.29) is 41.7 Å². The van der Waals surface area contributed by atoms with Gasteiger partial charge in [-0.15, -0.1) is 0 Å². The van der Waals surface area contributed by atoms with E-state index >= 15 is 0 Å². The van der Waals surface area contributed by atoms with Crippen LogP contribution in [0, 0.1) is 0 Å². The van der Waals surface area contributed by atoms with Gasteiger partial charge in [-0.25, -0.2) is 19.2 Å². The molecule has 0 radical (unpaired) electrons. The average Bonchev–Trinajstić information content (AvgIpc) is 2.55. The van der Waals surface area contributed by atoms with Gasteiger partial charge >= 0.3 is 6.09 Å². The van der Waals surface area contributed by atoms with Crippen LogP contribution in [0.4, 0.5) is 15.1 Å². The molecule has 2 aromatic rings. The smallest absolute Gasteiger partial charge is 0.407 e. The summed E-state index contributed by atoms with van der Waals surface area (Å²) in [5, 5.41) is 12.1. The molecule has 2 aromatic heterocycles. The molecule has 0 aliphatic carbocycles. The normalized spacial score (nSPS) is 20.6. The second-order valence-electron chi connectivity index (χ2n) is 6.44. The highest BCUT2D eigenvalue weighted by Gasteiger charge is 2.30. The molecule has 0 saturated carbocycles. The van der Waals surface area contributed by atoms with Gasteiger partial charge in [0.2, 0.25) is 5.95 Å².